The second-order valence-electron chi connectivity index (χ2n) is 4.08. The van der Waals surface area contributed by atoms with Gasteiger partial charge in [0.1, 0.15) is 5.75 Å². The molecule has 20 heavy (non-hydrogen) atoms. The summed E-state index contributed by atoms with van der Waals surface area (Å²) in [6, 6.07) is 13.1. The van der Waals surface area contributed by atoms with Gasteiger partial charge in [-0.2, -0.15) is 9.67 Å². The van der Waals surface area contributed by atoms with Crippen molar-refractivity contribution in [2.45, 2.75) is 6.54 Å². The average molecular weight is 270 g/mol. The predicted octanol–water partition coefficient (Wildman–Crippen LogP) is 1.13. The van der Waals surface area contributed by atoms with Gasteiger partial charge >= 0.3 is 5.91 Å². The van der Waals surface area contributed by atoms with E-state index in [0.29, 0.717) is 5.75 Å². The van der Waals surface area contributed by atoms with Crippen molar-refractivity contribution in [3.63, 3.8) is 0 Å². The molecule has 5 nitrogen and oxygen atoms in total. The molecular formula is C15H16N3O2+. The number of rotatable bonds is 5. The van der Waals surface area contributed by atoms with Crippen molar-refractivity contribution in [2.24, 2.45) is 5.10 Å². The molecule has 0 spiro atoms. The number of carbonyl (C=O) groups is 1. The third-order valence-electron chi connectivity index (χ3n) is 2.64. The monoisotopic (exact) mass is 270 g/mol. The molecule has 102 valence electrons. The second kappa shape index (κ2) is 7.04. The minimum atomic E-state index is -0.188. The van der Waals surface area contributed by atoms with Crippen LogP contribution in [0.5, 0.6) is 5.75 Å². The van der Waals surface area contributed by atoms with E-state index < -0.39 is 0 Å². The van der Waals surface area contributed by atoms with Crippen LogP contribution in [0.4, 0.5) is 0 Å². The van der Waals surface area contributed by atoms with E-state index in [9.17, 15) is 4.79 Å². The molecule has 0 aliphatic heterocycles. The van der Waals surface area contributed by atoms with Gasteiger partial charge in [0.25, 0.3) is 0 Å². The molecule has 0 bridgehead atoms. The zero-order valence-electron chi connectivity index (χ0n) is 11.2. The SMILES string of the molecule is COc1ccccc1/C=N\NC(=O)C[n+]1ccccc1. The summed E-state index contributed by atoms with van der Waals surface area (Å²) >= 11 is 0. The van der Waals surface area contributed by atoms with Gasteiger partial charge in [0.15, 0.2) is 12.4 Å². The minimum absolute atomic E-state index is 0.188. The highest BCUT2D eigenvalue weighted by atomic mass is 16.5. The minimum Gasteiger partial charge on any atom is -0.496 e. The third kappa shape index (κ3) is 3.91. The van der Waals surface area contributed by atoms with Crippen LogP contribution in [0, 0.1) is 0 Å². The van der Waals surface area contributed by atoms with Gasteiger partial charge in [-0.1, -0.05) is 18.2 Å². The molecule has 1 N–H and O–H groups in total. The molecule has 0 atom stereocenters. The summed E-state index contributed by atoms with van der Waals surface area (Å²) in [7, 11) is 1.59. The van der Waals surface area contributed by atoms with Crippen molar-refractivity contribution in [1.82, 2.24) is 5.43 Å². The Balaban J connectivity index is 1.91. The molecule has 0 aliphatic carbocycles. The van der Waals surface area contributed by atoms with Crippen LogP contribution in [0.15, 0.2) is 60.0 Å². The average Bonchev–Trinajstić information content (AvgIpc) is 2.49. The zero-order valence-corrected chi connectivity index (χ0v) is 11.2. The van der Waals surface area contributed by atoms with Gasteiger partial charge in [-0.15, -0.1) is 0 Å². The van der Waals surface area contributed by atoms with Crippen molar-refractivity contribution in [3.05, 3.63) is 60.4 Å². The summed E-state index contributed by atoms with van der Waals surface area (Å²) in [6.45, 7) is 0.226. The van der Waals surface area contributed by atoms with Crippen LogP contribution in [0.2, 0.25) is 0 Å². The first-order valence-corrected chi connectivity index (χ1v) is 6.18. The van der Waals surface area contributed by atoms with Gasteiger partial charge in [-0.25, -0.2) is 5.43 Å². The Bertz CT molecular complexity index is 597. The molecule has 0 fully saturated rings. The molecule has 1 heterocycles. The number of hydrogen-bond acceptors (Lipinski definition) is 3. The standard InChI is InChI=1S/C15H15N3O2/c1-20-14-8-4-3-7-13(14)11-16-17-15(19)12-18-9-5-2-6-10-18/h2-11H,12H2,1H3/p+1/b16-11-. The first-order valence-electron chi connectivity index (χ1n) is 6.18. The number of hydrazone groups is 1. The van der Waals surface area contributed by atoms with Gasteiger partial charge in [0, 0.05) is 17.7 Å². The Hall–Kier alpha value is -2.69. The highest BCUT2D eigenvalue weighted by Crippen LogP contribution is 2.14. The van der Waals surface area contributed by atoms with Crippen LogP contribution in [-0.4, -0.2) is 19.2 Å². The molecule has 0 radical (unpaired) electrons. The molecule has 1 aromatic heterocycles. The van der Waals surface area contributed by atoms with Gasteiger partial charge in [-0.05, 0) is 12.1 Å². The van der Waals surface area contributed by atoms with E-state index >= 15 is 0 Å². The van der Waals surface area contributed by atoms with Crippen LogP contribution in [0.1, 0.15) is 5.56 Å². The maximum atomic E-state index is 11.7. The lowest BCUT2D eigenvalue weighted by atomic mass is 10.2. The molecule has 0 unspecified atom stereocenters. The highest BCUT2D eigenvalue weighted by molar-refractivity contribution is 5.84. The zero-order chi connectivity index (χ0) is 14.2. The van der Waals surface area contributed by atoms with E-state index in [-0.39, 0.29) is 12.5 Å². The van der Waals surface area contributed by atoms with Crippen molar-refractivity contribution >= 4 is 12.1 Å². The van der Waals surface area contributed by atoms with Crippen molar-refractivity contribution in [1.29, 1.82) is 0 Å². The number of nitrogens with one attached hydrogen (secondary N) is 1. The maximum Gasteiger partial charge on any atom is 0.305 e. The Kier molecular flexibility index (Phi) is 4.83. The third-order valence-corrected chi connectivity index (χ3v) is 2.64. The van der Waals surface area contributed by atoms with Gasteiger partial charge in [0.2, 0.25) is 6.54 Å². The number of hydrogen-bond donors (Lipinski definition) is 1. The Morgan fingerprint density at radius 3 is 2.75 bits per heavy atom. The summed E-state index contributed by atoms with van der Waals surface area (Å²) < 4.78 is 6.96. The number of amides is 1. The van der Waals surface area contributed by atoms with Crippen LogP contribution in [0.25, 0.3) is 0 Å². The maximum absolute atomic E-state index is 11.7. The smallest absolute Gasteiger partial charge is 0.305 e. The number of methoxy groups -OCH3 is 1. The number of ether oxygens (including phenoxy) is 1. The first kappa shape index (κ1) is 13.7. The van der Waals surface area contributed by atoms with Crippen molar-refractivity contribution < 1.29 is 14.1 Å². The molecule has 2 aromatic rings. The Morgan fingerprint density at radius 1 is 1.25 bits per heavy atom. The van der Waals surface area contributed by atoms with E-state index in [4.69, 9.17) is 4.74 Å². The number of para-hydroxylation sites is 1. The number of nitrogens with zero attached hydrogens (tertiary/aromatic N) is 2. The van der Waals surface area contributed by atoms with Gasteiger partial charge in [0.05, 0.1) is 13.3 Å². The van der Waals surface area contributed by atoms with E-state index in [0.717, 1.165) is 5.56 Å². The van der Waals surface area contributed by atoms with Gasteiger partial charge in [-0.3, -0.25) is 4.79 Å². The first-order chi connectivity index (χ1) is 9.79. The fraction of sp³-hybridized carbons (Fsp3) is 0.133. The van der Waals surface area contributed by atoms with E-state index in [1.54, 1.807) is 17.9 Å². The lowest BCUT2D eigenvalue weighted by Crippen LogP contribution is -2.40. The van der Waals surface area contributed by atoms with E-state index in [2.05, 4.69) is 10.5 Å². The van der Waals surface area contributed by atoms with Crippen LogP contribution in [-0.2, 0) is 11.3 Å². The van der Waals surface area contributed by atoms with Crippen LogP contribution in [0.3, 0.4) is 0 Å². The van der Waals surface area contributed by atoms with E-state index in [1.165, 1.54) is 0 Å². The van der Waals surface area contributed by atoms with Gasteiger partial charge < -0.3 is 4.74 Å². The van der Waals surface area contributed by atoms with E-state index in [1.807, 2.05) is 54.9 Å². The molecule has 0 saturated heterocycles. The summed E-state index contributed by atoms with van der Waals surface area (Å²) in [4.78, 5) is 11.7. The molecule has 2 rings (SSSR count). The number of benzene rings is 1. The highest BCUT2D eigenvalue weighted by Gasteiger charge is 2.06. The number of carbonyl (C=O) groups excluding carboxylic acids is 1. The molecule has 1 amide bonds. The summed E-state index contributed by atoms with van der Waals surface area (Å²) in [5.41, 5.74) is 3.29. The fourth-order valence-electron chi connectivity index (χ4n) is 1.69. The lowest BCUT2D eigenvalue weighted by molar-refractivity contribution is -0.684. The normalized spacial score (nSPS) is 10.4. The lowest BCUT2D eigenvalue weighted by Gasteiger charge is -2.02. The molecule has 5 heteroatoms. The Labute approximate surface area is 117 Å². The predicted molar refractivity (Wildman–Crippen MR) is 75.4 cm³/mol. The quantitative estimate of drug-likeness (QED) is 0.503. The van der Waals surface area contributed by atoms with Crippen LogP contribution < -0.4 is 14.7 Å². The topological polar surface area (TPSA) is 54.6 Å². The van der Waals surface area contributed by atoms with Crippen molar-refractivity contribution in [2.75, 3.05) is 7.11 Å². The second-order valence-corrected chi connectivity index (χ2v) is 4.08. The van der Waals surface area contributed by atoms with Crippen molar-refractivity contribution in [3.8, 4) is 5.75 Å². The largest absolute Gasteiger partial charge is 0.496 e. The summed E-state index contributed by atoms with van der Waals surface area (Å²) in [5.74, 6) is 0.523. The fourth-order valence-corrected chi connectivity index (χ4v) is 1.69. The number of pyridine rings is 1. The molecule has 0 saturated carbocycles. The van der Waals surface area contributed by atoms with Crippen LogP contribution >= 0.6 is 0 Å². The summed E-state index contributed by atoms with van der Waals surface area (Å²) in [6.07, 6.45) is 5.21. The Morgan fingerprint density at radius 2 is 2.00 bits per heavy atom. The molecule has 1 aromatic carbocycles. The molecule has 0 aliphatic rings. The molecular weight excluding hydrogens is 254 g/mol. The number of aromatic nitrogens is 1. The summed E-state index contributed by atoms with van der Waals surface area (Å²) in [5, 5.41) is 3.93.